The van der Waals surface area contributed by atoms with E-state index in [9.17, 15) is 13.2 Å². The van der Waals surface area contributed by atoms with Crippen LogP contribution in [0.3, 0.4) is 0 Å². The van der Waals surface area contributed by atoms with Gasteiger partial charge in [0.05, 0.1) is 6.10 Å². The predicted octanol–water partition coefficient (Wildman–Crippen LogP) is 0.671. The molecule has 21 heavy (non-hydrogen) atoms. The highest BCUT2D eigenvalue weighted by atomic mass is 32.2. The van der Waals surface area contributed by atoms with Crippen LogP contribution in [-0.4, -0.2) is 66.5 Å². The van der Waals surface area contributed by atoms with Crippen LogP contribution in [0.4, 0.5) is 0 Å². The summed E-state index contributed by atoms with van der Waals surface area (Å²) in [7, 11) is -3.39. The fourth-order valence-corrected chi connectivity index (χ4v) is 4.87. The van der Waals surface area contributed by atoms with E-state index < -0.39 is 16.2 Å². The molecular formula is C13H24N2O5S. The molecule has 122 valence electrons. The molecule has 8 heteroatoms. The van der Waals surface area contributed by atoms with E-state index in [1.165, 1.54) is 4.31 Å². The van der Waals surface area contributed by atoms with Crippen molar-refractivity contribution in [3.8, 4) is 0 Å². The molecule has 1 N–H and O–H groups in total. The summed E-state index contributed by atoms with van der Waals surface area (Å²) in [5, 5.41) is 8.59. The van der Waals surface area contributed by atoms with E-state index in [1.807, 2.05) is 6.92 Å². The van der Waals surface area contributed by atoms with Crippen molar-refractivity contribution in [2.24, 2.45) is 0 Å². The molecule has 0 radical (unpaired) electrons. The topological polar surface area (TPSA) is 87.2 Å². The number of carbonyl (C=O) groups is 1. The van der Waals surface area contributed by atoms with Gasteiger partial charge in [0.2, 0.25) is 0 Å². The number of hydrogen-bond donors (Lipinski definition) is 1. The maximum atomic E-state index is 12.6. The fourth-order valence-electron chi connectivity index (χ4n) is 2.98. The van der Waals surface area contributed by atoms with Crippen molar-refractivity contribution in [2.45, 2.75) is 51.2 Å². The van der Waals surface area contributed by atoms with Crippen molar-refractivity contribution in [1.82, 2.24) is 8.61 Å². The van der Waals surface area contributed by atoms with E-state index in [0.29, 0.717) is 32.5 Å². The number of hydrogen-bond acceptors (Lipinski definition) is 4. The Morgan fingerprint density at radius 1 is 1.19 bits per heavy atom. The number of aliphatic carboxylic acids is 1. The van der Waals surface area contributed by atoms with E-state index in [0.717, 1.165) is 19.3 Å². The summed E-state index contributed by atoms with van der Waals surface area (Å²) in [5.41, 5.74) is 0. The minimum Gasteiger partial charge on any atom is -0.480 e. The number of carboxylic acids is 1. The lowest BCUT2D eigenvalue weighted by Crippen LogP contribution is -2.52. The third-order valence-corrected chi connectivity index (χ3v) is 6.36. The zero-order valence-electron chi connectivity index (χ0n) is 12.4. The molecule has 0 amide bonds. The van der Waals surface area contributed by atoms with E-state index in [2.05, 4.69) is 0 Å². The first kappa shape index (κ1) is 16.7. The second-order valence-electron chi connectivity index (χ2n) is 5.77. The highest BCUT2D eigenvalue weighted by Crippen LogP contribution is 2.25. The molecule has 0 aromatic carbocycles. The average molecular weight is 320 g/mol. The maximum absolute atomic E-state index is 12.6. The van der Waals surface area contributed by atoms with Crippen LogP contribution in [0.2, 0.25) is 0 Å². The highest BCUT2D eigenvalue weighted by Gasteiger charge is 2.36. The van der Waals surface area contributed by atoms with Crippen LogP contribution < -0.4 is 0 Å². The van der Waals surface area contributed by atoms with Gasteiger partial charge in [-0.3, -0.25) is 0 Å². The van der Waals surface area contributed by atoms with Gasteiger partial charge in [-0.05, 0) is 32.6 Å². The molecule has 1 unspecified atom stereocenters. The quantitative estimate of drug-likeness (QED) is 0.804. The Hall–Kier alpha value is -0.700. The van der Waals surface area contributed by atoms with Gasteiger partial charge in [-0.25, -0.2) is 4.79 Å². The van der Waals surface area contributed by atoms with Crippen molar-refractivity contribution < 1.29 is 23.1 Å². The summed E-state index contributed by atoms with van der Waals surface area (Å²) in [6, 6.07) is 0.0599. The molecule has 7 nitrogen and oxygen atoms in total. The first-order chi connectivity index (χ1) is 9.91. The molecule has 2 aliphatic heterocycles. The maximum Gasteiger partial charge on any atom is 0.329 e. The summed E-state index contributed by atoms with van der Waals surface area (Å²) >= 11 is 0. The standard InChI is InChI=1S/C13H24N2O5S/c1-11-4-2-3-7-15(11)21(18,19)14-8-5-12(6-9-14)20-10-13(16)17/h11-12H,2-10H2,1H3,(H,16,17). The van der Waals surface area contributed by atoms with Gasteiger partial charge in [0.25, 0.3) is 10.2 Å². The molecule has 0 bridgehead atoms. The molecule has 0 aromatic rings. The van der Waals surface area contributed by atoms with Crippen molar-refractivity contribution in [1.29, 1.82) is 0 Å². The van der Waals surface area contributed by atoms with Crippen molar-refractivity contribution >= 4 is 16.2 Å². The Labute approximate surface area is 126 Å². The minimum absolute atomic E-state index is 0.0599. The molecule has 2 heterocycles. The summed E-state index contributed by atoms with van der Waals surface area (Å²) in [4.78, 5) is 10.5. The summed E-state index contributed by atoms with van der Waals surface area (Å²) in [5.74, 6) is -0.993. The van der Waals surface area contributed by atoms with Gasteiger partial charge in [-0.1, -0.05) is 6.42 Å². The molecule has 2 aliphatic rings. The van der Waals surface area contributed by atoms with Crippen LogP contribution in [0.1, 0.15) is 39.0 Å². The van der Waals surface area contributed by atoms with Crippen molar-refractivity contribution in [3.63, 3.8) is 0 Å². The fraction of sp³-hybridized carbons (Fsp3) is 0.923. The lowest BCUT2D eigenvalue weighted by Gasteiger charge is -2.38. The Bertz CT molecular complexity index is 459. The molecule has 1 atom stereocenters. The molecule has 2 fully saturated rings. The van der Waals surface area contributed by atoms with E-state index in [-0.39, 0.29) is 18.8 Å². The Kier molecular flexibility index (Phi) is 5.59. The van der Waals surface area contributed by atoms with Gasteiger partial charge in [0, 0.05) is 25.7 Å². The highest BCUT2D eigenvalue weighted by molar-refractivity contribution is 7.86. The number of nitrogens with zero attached hydrogens (tertiary/aromatic N) is 2. The first-order valence-corrected chi connectivity index (χ1v) is 8.91. The van der Waals surface area contributed by atoms with Gasteiger partial charge in [-0.15, -0.1) is 0 Å². The van der Waals surface area contributed by atoms with Crippen LogP contribution in [-0.2, 0) is 19.7 Å². The average Bonchev–Trinajstić information content (AvgIpc) is 2.46. The summed E-state index contributed by atoms with van der Waals surface area (Å²) in [6.07, 6.45) is 3.85. The van der Waals surface area contributed by atoms with Gasteiger partial charge < -0.3 is 9.84 Å². The molecule has 0 spiro atoms. The van der Waals surface area contributed by atoms with Gasteiger partial charge in [0.15, 0.2) is 0 Å². The van der Waals surface area contributed by atoms with Gasteiger partial charge in [-0.2, -0.15) is 17.0 Å². The monoisotopic (exact) mass is 320 g/mol. The van der Waals surface area contributed by atoms with Gasteiger partial charge >= 0.3 is 5.97 Å². The Morgan fingerprint density at radius 2 is 1.86 bits per heavy atom. The zero-order chi connectivity index (χ0) is 15.5. The van der Waals surface area contributed by atoms with Crippen LogP contribution in [0, 0.1) is 0 Å². The van der Waals surface area contributed by atoms with Crippen molar-refractivity contribution in [3.05, 3.63) is 0 Å². The largest absolute Gasteiger partial charge is 0.480 e. The van der Waals surface area contributed by atoms with Crippen LogP contribution in [0.5, 0.6) is 0 Å². The molecular weight excluding hydrogens is 296 g/mol. The van der Waals surface area contributed by atoms with Crippen LogP contribution in [0.15, 0.2) is 0 Å². The third kappa shape index (κ3) is 4.15. The normalized spacial score (nSPS) is 26.8. The minimum atomic E-state index is -3.39. The number of carboxylic acid groups (broad SMARTS) is 1. The second kappa shape index (κ2) is 7.04. The molecule has 0 saturated carbocycles. The lowest BCUT2D eigenvalue weighted by atomic mass is 10.1. The summed E-state index contributed by atoms with van der Waals surface area (Å²) in [6.45, 7) is 3.03. The second-order valence-corrected chi connectivity index (χ2v) is 7.65. The molecule has 2 saturated heterocycles. The number of rotatable bonds is 5. The van der Waals surface area contributed by atoms with E-state index in [4.69, 9.17) is 9.84 Å². The molecule has 2 rings (SSSR count). The smallest absolute Gasteiger partial charge is 0.329 e. The SMILES string of the molecule is CC1CCCCN1S(=O)(=O)N1CCC(OCC(=O)O)CC1. The Balaban J connectivity index is 1.89. The van der Waals surface area contributed by atoms with Crippen LogP contribution in [0.25, 0.3) is 0 Å². The van der Waals surface area contributed by atoms with E-state index in [1.54, 1.807) is 4.31 Å². The molecule has 0 aromatic heterocycles. The van der Waals surface area contributed by atoms with Crippen LogP contribution >= 0.6 is 0 Å². The van der Waals surface area contributed by atoms with Gasteiger partial charge in [0.1, 0.15) is 6.61 Å². The molecule has 0 aliphatic carbocycles. The van der Waals surface area contributed by atoms with Crippen molar-refractivity contribution in [2.75, 3.05) is 26.2 Å². The predicted molar refractivity (Wildman–Crippen MR) is 77.1 cm³/mol. The number of ether oxygens (including phenoxy) is 1. The number of piperidine rings is 2. The zero-order valence-corrected chi connectivity index (χ0v) is 13.2. The summed E-state index contributed by atoms with van der Waals surface area (Å²) < 4.78 is 33.6. The third-order valence-electron chi connectivity index (χ3n) is 4.21. The first-order valence-electron chi connectivity index (χ1n) is 7.51. The Morgan fingerprint density at radius 3 is 2.43 bits per heavy atom. The lowest BCUT2D eigenvalue weighted by molar-refractivity contribution is -0.145. The van der Waals surface area contributed by atoms with E-state index >= 15 is 0 Å².